The molecule has 2 unspecified atom stereocenters. The Labute approximate surface area is 195 Å². The van der Waals surface area contributed by atoms with E-state index in [2.05, 4.69) is 25.2 Å². The highest BCUT2D eigenvalue weighted by atomic mass is 16.2. The third kappa shape index (κ3) is 3.02. The normalized spacial score (nSPS) is 26.1. The number of ketones is 2. The first-order chi connectivity index (χ1) is 16.2. The largest absolute Gasteiger partial charge is 0.343 e. The fourth-order valence-electron chi connectivity index (χ4n) is 5.54. The molecule has 0 bridgehead atoms. The van der Waals surface area contributed by atoms with Crippen LogP contribution in [0, 0.1) is 11.3 Å². The minimum Gasteiger partial charge on any atom is -0.343 e. The number of carbonyl (C=O) groups excluding carboxylic acids is 3. The Hall–Kier alpha value is -3.79. The van der Waals surface area contributed by atoms with Gasteiger partial charge in [-0.05, 0) is 24.8 Å². The molecule has 4 heterocycles. The summed E-state index contributed by atoms with van der Waals surface area (Å²) < 4.78 is 3.11. The molecule has 2 fully saturated rings. The maximum atomic E-state index is 13.5. The van der Waals surface area contributed by atoms with Gasteiger partial charge in [0.2, 0.25) is 5.91 Å². The van der Waals surface area contributed by atoms with Gasteiger partial charge in [-0.2, -0.15) is 10.2 Å². The molecule has 1 amide bonds. The summed E-state index contributed by atoms with van der Waals surface area (Å²) in [5.74, 6) is -0.136. The topological polar surface area (TPSA) is 151 Å². The van der Waals surface area contributed by atoms with Gasteiger partial charge in [0.15, 0.2) is 22.9 Å². The number of fused-ring (bicyclic) bond motifs is 2. The number of Topliss-reactive ketones (excluding diaryl/α,β-unsaturated/α-hetero) is 2. The van der Waals surface area contributed by atoms with Crippen molar-refractivity contribution in [2.75, 3.05) is 13.1 Å². The van der Waals surface area contributed by atoms with Crippen LogP contribution in [0.3, 0.4) is 0 Å². The van der Waals surface area contributed by atoms with Crippen molar-refractivity contribution in [2.24, 2.45) is 35.5 Å². The molecule has 12 nitrogen and oxygen atoms in total. The number of likely N-dealkylation sites (tertiary alicyclic amines) is 1. The minimum atomic E-state index is -1.51. The van der Waals surface area contributed by atoms with Crippen molar-refractivity contribution >= 4 is 29.0 Å². The number of carbonyl (C=O) groups is 3. The Bertz CT molecular complexity index is 1290. The summed E-state index contributed by atoms with van der Waals surface area (Å²) in [6, 6.07) is 0. The minimum absolute atomic E-state index is 0.0492. The van der Waals surface area contributed by atoms with E-state index in [1.54, 1.807) is 43.0 Å². The highest BCUT2D eigenvalue weighted by Crippen LogP contribution is 2.57. The van der Waals surface area contributed by atoms with Crippen LogP contribution in [0.4, 0.5) is 5.82 Å². The zero-order chi connectivity index (χ0) is 24.3. The van der Waals surface area contributed by atoms with Crippen LogP contribution in [0.1, 0.15) is 53.3 Å². The molecule has 34 heavy (non-hydrogen) atoms. The lowest BCUT2D eigenvalue weighted by Gasteiger charge is -2.55. The van der Waals surface area contributed by atoms with Crippen LogP contribution in [0.5, 0.6) is 0 Å². The summed E-state index contributed by atoms with van der Waals surface area (Å²) in [5, 5.41) is 12.1. The zero-order valence-corrected chi connectivity index (χ0v) is 19.3. The number of aromatic nitrogens is 4. The van der Waals surface area contributed by atoms with E-state index in [0.717, 1.165) is 0 Å². The second-order valence-corrected chi connectivity index (χ2v) is 9.63. The molecule has 2 aliphatic heterocycles. The standard InChI is InChI=1S/C22H25N9O3/c1-21(8-16-22(21,27-28-23)19(34)15-11-25-30(3)20(15)26-16)9-17(32)31-6-4-13(5-7-31)18(33)14-10-24-29(2)12-14/h10-13H,4-9H2,1-3H3. The fourth-order valence-corrected chi connectivity index (χ4v) is 5.54. The first kappa shape index (κ1) is 22.0. The maximum Gasteiger partial charge on any atom is 0.223 e. The summed E-state index contributed by atoms with van der Waals surface area (Å²) >= 11 is 0. The van der Waals surface area contributed by atoms with Crippen LogP contribution < -0.4 is 0 Å². The van der Waals surface area contributed by atoms with Crippen LogP contribution in [-0.2, 0) is 18.9 Å². The molecule has 5 rings (SSSR count). The van der Waals surface area contributed by atoms with E-state index in [1.165, 1.54) is 10.9 Å². The first-order valence-corrected chi connectivity index (χ1v) is 11.2. The molecule has 0 aromatic carbocycles. The molecular formula is C22H25N9O3. The summed E-state index contributed by atoms with van der Waals surface area (Å²) in [7, 11) is 3.46. The Morgan fingerprint density at radius 1 is 1.24 bits per heavy atom. The van der Waals surface area contributed by atoms with Gasteiger partial charge in [-0.1, -0.05) is 12.0 Å². The van der Waals surface area contributed by atoms with E-state index >= 15 is 0 Å². The molecule has 1 saturated heterocycles. The molecule has 2 atom stereocenters. The molecule has 12 heteroatoms. The summed E-state index contributed by atoms with van der Waals surface area (Å²) in [6.45, 7) is 2.72. The number of aryl methyl sites for hydroxylation is 2. The highest BCUT2D eigenvalue weighted by molar-refractivity contribution is 6.29. The van der Waals surface area contributed by atoms with E-state index in [9.17, 15) is 19.9 Å². The van der Waals surface area contributed by atoms with Gasteiger partial charge in [-0.3, -0.25) is 23.7 Å². The lowest BCUT2D eigenvalue weighted by Crippen LogP contribution is -2.68. The van der Waals surface area contributed by atoms with Crippen LogP contribution in [-0.4, -0.2) is 66.3 Å². The maximum absolute atomic E-state index is 13.5. The SMILES string of the molecule is Cn1cc(C(=O)C2CCN(C(=O)CC3(C)CC4=Nc5c(cnn5C)C(=O)C43N=[N+]=[N-])CC2)cn1. The van der Waals surface area contributed by atoms with Gasteiger partial charge in [-0.15, -0.1) is 0 Å². The average Bonchev–Trinajstić information content (AvgIpc) is 3.41. The molecular weight excluding hydrogens is 438 g/mol. The Kier molecular flexibility index (Phi) is 4.94. The van der Waals surface area contributed by atoms with Crippen LogP contribution >= 0.6 is 0 Å². The third-order valence-electron chi connectivity index (χ3n) is 7.51. The number of amides is 1. The number of nitrogens with zero attached hydrogens (tertiary/aromatic N) is 9. The predicted molar refractivity (Wildman–Crippen MR) is 121 cm³/mol. The van der Waals surface area contributed by atoms with Gasteiger partial charge in [0.1, 0.15) is 0 Å². The fraction of sp³-hybridized carbons (Fsp3) is 0.545. The van der Waals surface area contributed by atoms with E-state index in [-0.39, 0.29) is 29.8 Å². The van der Waals surface area contributed by atoms with E-state index in [4.69, 9.17) is 0 Å². The molecule has 1 aliphatic carbocycles. The van der Waals surface area contributed by atoms with Crippen LogP contribution in [0.15, 0.2) is 28.7 Å². The molecule has 0 spiro atoms. The van der Waals surface area contributed by atoms with Crippen LogP contribution in [0.25, 0.3) is 10.4 Å². The Morgan fingerprint density at radius 2 is 1.97 bits per heavy atom. The monoisotopic (exact) mass is 463 g/mol. The van der Waals surface area contributed by atoms with Crippen molar-refractivity contribution < 1.29 is 14.4 Å². The van der Waals surface area contributed by atoms with Crippen molar-refractivity contribution in [2.45, 2.75) is 38.1 Å². The van der Waals surface area contributed by atoms with Crippen molar-refractivity contribution in [1.29, 1.82) is 0 Å². The van der Waals surface area contributed by atoms with Crippen molar-refractivity contribution in [3.05, 3.63) is 40.2 Å². The lowest BCUT2D eigenvalue weighted by molar-refractivity contribution is -0.135. The van der Waals surface area contributed by atoms with Gasteiger partial charge < -0.3 is 4.90 Å². The first-order valence-electron chi connectivity index (χ1n) is 11.2. The number of hydrogen-bond donors (Lipinski definition) is 0. The number of piperidine rings is 1. The van der Waals surface area contributed by atoms with Gasteiger partial charge >= 0.3 is 0 Å². The van der Waals surface area contributed by atoms with Crippen molar-refractivity contribution in [3.8, 4) is 0 Å². The van der Waals surface area contributed by atoms with Crippen molar-refractivity contribution in [3.63, 3.8) is 0 Å². The summed E-state index contributed by atoms with van der Waals surface area (Å²) in [5.41, 5.74) is 8.25. The van der Waals surface area contributed by atoms with E-state index in [1.807, 2.05) is 0 Å². The summed E-state index contributed by atoms with van der Waals surface area (Å²) in [6.07, 6.45) is 6.28. The molecule has 0 radical (unpaired) electrons. The van der Waals surface area contributed by atoms with E-state index in [0.29, 0.717) is 55.0 Å². The molecule has 2 aromatic rings. The van der Waals surface area contributed by atoms with Gasteiger partial charge in [-0.25, -0.2) is 4.99 Å². The second kappa shape index (κ2) is 7.63. The third-order valence-corrected chi connectivity index (χ3v) is 7.51. The average molecular weight is 464 g/mol. The molecule has 1 saturated carbocycles. The summed E-state index contributed by atoms with van der Waals surface area (Å²) in [4.78, 5) is 48.7. The molecule has 2 aromatic heterocycles. The van der Waals surface area contributed by atoms with Gasteiger partial charge in [0.25, 0.3) is 0 Å². The number of aliphatic imine (C=N–C) groups is 1. The Morgan fingerprint density at radius 3 is 2.62 bits per heavy atom. The highest BCUT2D eigenvalue weighted by Gasteiger charge is 2.68. The van der Waals surface area contributed by atoms with Crippen molar-refractivity contribution in [1.82, 2.24) is 24.5 Å². The molecule has 0 N–H and O–H groups in total. The van der Waals surface area contributed by atoms with Gasteiger partial charge in [0.05, 0.1) is 23.5 Å². The smallest absolute Gasteiger partial charge is 0.223 e. The molecule has 176 valence electrons. The van der Waals surface area contributed by atoms with E-state index < -0.39 is 11.0 Å². The lowest BCUT2D eigenvalue weighted by atomic mass is 9.50. The van der Waals surface area contributed by atoms with Crippen LogP contribution in [0.2, 0.25) is 0 Å². The second-order valence-electron chi connectivity index (χ2n) is 9.63. The Balaban J connectivity index is 1.30. The zero-order valence-electron chi connectivity index (χ0n) is 19.3. The van der Waals surface area contributed by atoms with Gasteiger partial charge in [0, 0.05) is 61.8 Å². The molecule has 3 aliphatic rings. The quantitative estimate of drug-likeness (QED) is 0.288. The predicted octanol–water partition coefficient (Wildman–Crippen LogP) is 2.39. The number of azide groups is 1. The number of rotatable bonds is 5. The number of hydrogen-bond acceptors (Lipinski definition) is 7.